The number of aromatic nitrogens is 2. The average molecular weight is 529 g/mol. The number of carboxylic acid groups (broad SMARTS) is 1. The smallest absolute Gasteiger partial charge is 0.332 e. The highest BCUT2D eigenvalue weighted by atomic mass is 16.4. The molecule has 1 aromatic heterocycles. The van der Waals surface area contributed by atoms with Crippen LogP contribution >= 0.6 is 0 Å². The molecule has 2 heterocycles. The first-order chi connectivity index (χ1) is 18.8. The van der Waals surface area contributed by atoms with Gasteiger partial charge in [-0.1, -0.05) is 48.5 Å². The highest BCUT2D eigenvalue weighted by Gasteiger charge is 2.21. The van der Waals surface area contributed by atoms with Gasteiger partial charge in [0.15, 0.2) is 0 Å². The monoisotopic (exact) mass is 528 g/mol. The Bertz CT molecular complexity index is 1530. The quantitative estimate of drug-likeness (QED) is 0.508. The highest BCUT2D eigenvalue weighted by molar-refractivity contribution is 5.84. The van der Waals surface area contributed by atoms with Crippen molar-refractivity contribution >= 4 is 17.4 Å². The molecular formula is C31H36N4O4. The lowest BCUT2D eigenvalue weighted by Crippen LogP contribution is -2.49. The SMILES string of the molecule is Cn1c(N2CCN(CC/C=C3\c4ccccc4CCc4ccc(CCC(=O)O)cc43)CC2)cc(=O)n(C)c1=O. The van der Waals surface area contributed by atoms with Gasteiger partial charge < -0.3 is 10.0 Å². The molecule has 1 fully saturated rings. The Morgan fingerprint density at radius 1 is 0.897 bits per heavy atom. The summed E-state index contributed by atoms with van der Waals surface area (Å²) in [6, 6.07) is 16.6. The van der Waals surface area contributed by atoms with Crippen LogP contribution in [-0.4, -0.2) is 57.8 Å². The third-order valence-corrected chi connectivity index (χ3v) is 8.05. The van der Waals surface area contributed by atoms with E-state index in [1.165, 1.54) is 34.9 Å². The van der Waals surface area contributed by atoms with Crippen molar-refractivity contribution in [2.45, 2.75) is 32.1 Å². The number of rotatable bonds is 7. The normalized spacial score (nSPS) is 16.6. The number of hydrogen-bond acceptors (Lipinski definition) is 5. The third-order valence-electron chi connectivity index (χ3n) is 8.05. The number of benzene rings is 2. The first-order valence-corrected chi connectivity index (χ1v) is 13.7. The first kappa shape index (κ1) is 26.7. The van der Waals surface area contributed by atoms with Crippen LogP contribution in [0.5, 0.6) is 0 Å². The van der Waals surface area contributed by atoms with Crippen molar-refractivity contribution < 1.29 is 9.90 Å². The molecule has 2 aliphatic rings. The van der Waals surface area contributed by atoms with E-state index in [9.17, 15) is 14.4 Å². The zero-order chi connectivity index (χ0) is 27.5. The molecule has 0 saturated carbocycles. The minimum atomic E-state index is -0.775. The van der Waals surface area contributed by atoms with Crippen molar-refractivity contribution in [3.63, 3.8) is 0 Å². The summed E-state index contributed by atoms with van der Waals surface area (Å²) in [6.45, 7) is 4.16. The number of fused-ring (bicyclic) bond motifs is 2. The van der Waals surface area contributed by atoms with Crippen molar-refractivity contribution in [3.05, 3.63) is 103 Å². The standard InChI is InChI=1S/C31H36N4O4/c1-32-28(21-29(36)33(2)31(32)39)35-18-16-34(17-19-35)15-5-8-26-25-7-4-3-6-23(25)12-13-24-11-9-22(20-27(24)26)10-14-30(37)38/h3-4,6-9,11,20-21H,5,10,12-19H2,1-2H3,(H,37,38)/b26-8+. The Morgan fingerprint density at radius 3 is 2.36 bits per heavy atom. The van der Waals surface area contributed by atoms with E-state index in [4.69, 9.17) is 5.11 Å². The molecule has 0 atom stereocenters. The molecule has 2 aromatic carbocycles. The Hall–Kier alpha value is -3.91. The first-order valence-electron chi connectivity index (χ1n) is 13.7. The molecule has 1 N–H and O–H groups in total. The minimum Gasteiger partial charge on any atom is -0.481 e. The molecule has 0 unspecified atom stereocenters. The topological polar surface area (TPSA) is 87.8 Å². The van der Waals surface area contributed by atoms with E-state index in [0.29, 0.717) is 12.2 Å². The van der Waals surface area contributed by atoms with E-state index in [0.717, 1.165) is 62.1 Å². The van der Waals surface area contributed by atoms with Crippen LogP contribution in [0.2, 0.25) is 0 Å². The van der Waals surface area contributed by atoms with Gasteiger partial charge in [-0.2, -0.15) is 0 Å². The van der Waals surface area contributed by atoms with Gasteiger partial charge in [0.1, 0.15) is 5.82 Å². The van der Waals surface area contributed by atoms with E-state index in [1.807, 2.05) is 0 Å². The molecule has 1 saturated heterocycles. The van der Waals surface area contributed by atoms with E-state index in [2.05, 4.69) is 58.3 Å². The second kappa shape index (κ2) is 11.5. The number of carboxylic acids is 1. The second-order valence-electron chi connectivity index (χ2n) is 10.5. The van der Waals surface area contributed by atoms with Crippen molar-refractivity contribution in [1.29, 1.82) is 0 Å². The summed E-state index contributed by atoms with van der Waals surface area (Å²) < 4.78 is 2.68. The van der Waals surface area contributed by atoms with Crippen LogP contribution in [0.1, 0.15) is 40.7 Å². The number of aryl methyl sites for hydroxylation is 3. The maximum atomic E-state index is 12.4. The van der Waals surface area contributed by atoms with E-state index in [1.54, 1.807) is 17.7 Å². The van der Waals surface area contributed by atoms with Gasteiger partial charge in [0, 0.05) is 59.3 Å². The molecule has 3 aromatic rings. The molecule has 0 bridgehead atoms. The number of hydrogen-bond donors (Lipinski definition) is 1. The summed E-state index contributed by atoms with van der Waals surface area (Å²) in [5.74, 6) is -0.0988. The van der Waals surface area contributed by atoms with E-state index < -0.39 is 5.97 Å². The highest BCUT2D eigenvalue weighted by Crippen LogP contribution is 2.34. The summed E-state index contributed by atoms with van der Waals surface area (Å²) >= 11 is 0. The molecule has 204 valence electrons. The Balaban J connectivity index is 1.32. The van der Waals surface area contributed by atoms with Crippen LogP contribution < -0.4 is 16.1 Å². The van der Waals surface area contributed by atoms with Crippen LogP contribution in [0.15, 0.2) is 64.2 Å². The minimum absolute atomic E-state index is 0.131. The van der Waals surface area contributed by atoms with Crippen molar-refractivity contribution in [1.82, 2.24) is 14.0 Å². The van der Waals surface area contributed by atoms with Gasteiger partial charge in [-0.25, -0.2) is 4.79 Å². The predicted octanol–water partition coefficient (Wildman–Crippen LogP) is 2.84. The summed E-state index contributed by atoms with van der Waals surface area (Å²) in [5.41, 5.74) is 6.86. The van der Waals surface area contributed by atoms with E-state index >= 15 is 0 Å². The summed E-state index contributed by atoms with van der Waals surface area (Å²) in [6.07, 6.45) is 5.86. The maximum absolute atomic E-state index is 12.4. The molecule has 0 amide bonds. The molecule has 8 nitrogen and oxygen atoms in total. The van der Waals surface area contributed by atoms with Crippen LogP contribution in [0.25, 0.3) is 5.57 Å². The number of anilines is 1. The molecule has 8 heteroatoms. The lowest BCUT2D eigenvalue weighted by Gasteiger charge is -2.36. The molecule has 1 aliphatic carbocycles. The lowest BCUT2D eigenvalue weighted by atomic mass is 9.91. The number of piperazine rings is 1. The second-order valence-corrected chi connectivity index (χ2v) is 10.5. The molecule has 1 aliphatic heterocycles. The molecule has 39 heavy (non-hydrogen) atoms. The largest absolute Gasteiger partial charge is 0.481 e. The van der Waals surface area contributed by atoms with Gasteiger partial charge in [0.05, 0.1) is 0 Å². The summed E-state index contributed by atoms with van der Waals surface area (Å²) in [4.78, 5) is 40.2. The van der Waals surface area contributed by atoms with Gasteiger partial charge >= 0.3 is 11.7 Å². The fraction of sp³-hybridized carbons (Fsp3) is 0.387. The van der Waals surface area contributed by atoms with Gasteiger partial charge in [-0.05, 0) is 59.1 Å². The molecule has 0 radical (unpaired) electrons. The van der Waals surface area contributed by atoms with Gasteiger partial charge in [-0.15, -0.1) is 0 Å². The molecule has 5 rings (SSSR count). The van der Waals surface area contributed by atoms with Gasteiger partial charge in [-0.3, -0.25) is 23.6 Å². The fourth-order valence-electron chi connectivity index (χ4n) is 5.75. The lowest BCUT2D eigenvalue weighted by molar-refractivity contribution is -0.136. The number of aliphatic carboxylic acids is 1. The zero-order valence-electron chi connectivity index (χ0n) is 22.7. The van der Waals surface area contributed by atoms with Gasteiger partial charge in [0.25, 0.3) is 5.56 Å². The van der Waals surface area contributed by atoms with Crippen LogP contribution in [0.4, 0.5) is 5.82 Å². The van der Waals surface area contributed by atoms with Crippen molar-refractivity contribution in [3.8, 4) is 0 Å². The maximum Gasteiger partial charge on any atom is 0.332 e. The predicted molar refractivity (Wildman–Crippen MR) is 154 cm³/mol. The van der Waals surface area contributed by atoms with Crippen molar-refractivity contribution in [2.75, 3.05) is 37.6 Å². The molecular weight excluding hydrogens is 492 g/mol. The van der Waals surface area contributed by atoms with Crippen LogP contribution in [0, 0.1) is 0 Å². The summed E-state index contributed by atoms with van der Waals surface area (Å²) in [5, 5.41) is 9.16. The Labute approximate surface area is 228 Å². The zero-order valence-corrected chi connectivity index (χ0v) is 22.7. The fourth-order valence-corrected chi connectivity index (χ4v) is 5.75. The van der Waals surface area contributed by atoms with Crippen LogP contribution in [0.3, 0.4) is 0 Å². The Kier molecular flexibility index (Phi) is 7.84. The average Bonchev–Trinajstić information content (AvgIpc) is 3.10. The number of nitrogens with zero attached hydrogens (tertiary/aromatic N) is 4. The van der Waals surface area contributed by atoms with Crippen molar-refractivity contribution in [2.24, 2.45) is 14.1 Å². The summed E-state index contributed by atoms with van der Waals surface area (Å²) in [7, 11) is 3.22. The van der Waals surface area contributed by atoms with Crippen LogP contribution in [-0.2, 0) is 38.2 Å². The van der Waals surface area contributed by atoms with Gasteiger partial charge in [0.2, 0.25) is 0 Å². The van der Waals surface area contributed by atoms with E-state index in [-0.39, 0.29) is 17.7 Å². The third kappa shape index (κ3) is 5.76. The Morgan fingerprint density at radius 2 is 1.62 bits per heavy atom. The number of carbonyl (C=O) groups is 1. The molecule has 0 spiro atoms.